The van der Waals surface area contributed by atoms with E-state index < -0.39 is 5.41 Å². The van der Waals surface area contributed by atoms with Crippen LogP contribution in [0.3, 0.4) is 0 Å². The van der Waals surface area contributed by atoms with Crippen LogP contribution >= 0.6 is 0 Å². The van der Waals surface area contributed by atoms with Crippen molar-refractivity contribution in [1.82, 2.24) is 0 Å². The van der Waals surface area contributed by atoms with E-state index >= 15 is 0 Å². The molecule has 1 rings (SSSR count). The van der Waals surface area contributed by atoms with Crippen LogP contribution in [0.4, 0.5) is 0 Å². The highest BCUT2D eigenvalue weighted by Crippen LogP contribution is 2.28. The van der Waals surface area contributed by atoms with Crippen LogP contribution in [0.15, 0.2) is 0 Å². The first-order valence-electron chi connectivity index (χ1n) is 5.63. The van der Waals surface area contributed by atoms with Crippen molar-refractivity contribution in [2.45, 2.75) is 32.9 Å². The molecular formula is C11H21NO4. The summed E-state index contributed by atoms with van der Waals surface area (Å²) in [6.45, 7) is 7.24. The molecule has 3 atom stereocenters. The number of hydrogen-bond acceptors (Lipinski definition) is 5. The average Bonchev–Trinajstić information content (AvgIpc) is 2.57. The SMILES string of the molecule is CCOCC(C)OC(=O)C1(C)COCC1N. The van der Waals surface area contributed by atoms with Gasteiger partial charge in [0.25, 0.3) is 0 Å². The number of hydrogen-bond donors (Lipinski definition) is 1. The molecule has 2 N–H and O–H groups in total. The molecule has 0 aromatic heterocycles. The molecule has 5 nitrogen and oxygen atoms in total. The summed E-state index contributed by atoms with van der Waals surface area (Å²) in [7, 11) is 0. The molecule has 0 spiro atoms. The van der Waals surface area contributed by atoms with Crippen LogP contribution < -0.4 is 5.73 Å². The molecule has 1 aliphatic heterocycles. The number of carbonyl (C=O) groups excluding carboxylic acids is 1. The molecule has 0 bridgehead atoms. The van der Waals surface area contributed by atoms with E-state index in [0.717, 1.165) is 0 Å². The van der Waals surface area contributed by atoms with E-state index in [1.54, 1.807) is 13.8 Å². The third-order valence-corrected chi connectivity index (χ3v) is 2.85. The van der Waals surface area contributed by atoms with Crippen LogP contribution in [0.1, 0.15) is 20.8 Å². The van der Waals surface area contributed by atoms with Crippen LogP contribution in [0, 0.1) is 5.41 Å². The van der Waals surface area contributed by atoms with Gasteiger partial charge in [-0.15, -0.1) is 0 Å². The number of carbonyl (C=O) groups is 1. The van der Waals surface area contributed by atoms with E-state index in [1.165, 1.54) is 0 Å². The highest BCUT2D eigenvalue weighted by atomic mass is 16.6. The summed E-state index contributed by atoms with van der Waals surface area (Å²) in [6.07, 6.45) is -0.253. The number of rotatable bonds is 5. The molecule has 16 heavy (non-hydrogen) atoms. The Morgan fingerprint density at radius 3 is 2.88 bits per heavy atom. The summed E-state index contributed by atoms with van der Waals surface area (Å²) in [5, 5.41) is 0. The van der Waals surface area contributed by atoms with E-state index in [2.05, 4.69) is 0 Å². The van der Waals surface area contributed by atoms with Gasteiger partial charge < -0.3 is 19.9 Å². The molecule has 94 valence electrons. The van der Waals surface area contributed by atoms with Gasteiger partial charge in [0.1, 0.15) is 11.5 Å². The summed E-state index contributed by atoms with van der Waals surface area (Å²) in [5.41, 5.74) is 5.11. The van der Waals surface area contributed by atoms with Crippen LogP contribution in [0.2, 0.25) is 0 Å². The maximum absolute atomic E-state index is 11.9. The lowest BCUT2D eigenvalue weighted by Gasteiger charge is -2.26. The Kier molecular flexibility index (Phi) is 4.70. The zero-order valence-electron chi connectivity index (χ0n) is 10.2. The van der Waals surface area contributed by atoms with Gasteiger partial charge in [0.05, 0.1) is 19.8 Å². The molecule has 1 fully saturated rings. The fraction of sp³-hybridized carbons (Fsp3) is 0.909. The van der Waals surface area contributed by atoms with Crippen molar-refractivity contribution in [1.29, 1.82) is 0 Å². The van der Waals surface area contributed by atoms with Crippen LogP contribution in [0.5, 0.6) is 0 Å². The Bertz CT molecular complexity index is 246. The molecule has 5 heteroatoms. The summed E-state index contributed by atoms with van der Waals surface area (Å²) < 4.78 is 15.7. The fourth-order valence-electron chi connectivity index (χ4n) is 1.53. The second-order valence-electron chi connectivity index (χ2n) is 4.41. The molecule has 0 aromatic carbocycles. The Balaban J connectivity index is 2.45. The van der Waals surface area contributed by atoms with E-state index in [4.69, 9.17) is 19.9 Å². The first-order valence-corrected chi connectivity index (χ1v) is 5.63. The van der Waals surface area contributed by atoms with Crippen molar-refractivity contribution < 1.29 is 19.0 Å². The zero-order chi connectivity index (χ0) is 12.2. The molecular weight excluding hydrogens is 210 g/mol. The first kappa shape index (κ1) is 13.4. The minimum atomic E-state index is -0.722. The minimum absolute atomic E-state index is 0.253. The third-order valence-electron chi connectivity index (χ3n) is 2.85. The molecule has 0 saturated carbocycles. The molecule has 1 heterocycles. The quantitative estimate of drug-likeness (QED) is 0.690. The van der Waals surface area contributed by atoms with E-state index in [1.807, 2.05) is 6.92 Å². The number of esters is 1. The van der Waals surface area contributed by atoms with Gasteiger partial charge in [-0.2, -0.15) is 0 Å². The zero-order valence-corrected chi connectivity index (χ0v) is 10.2. The van der Waals surface area contributed by atoms with Gasteiger partial charge in [0.15, 0.2) is 0 Å². The van der Waals surface area contributed by atoms with Gasteiger partial charge in [-0.05, 0) is 20.8 Å². The predicted octanol–water partition coefficient (Wildman–Crippen LogP) is 0.318. The highest BCUT2D eigenvalue weighted by Gasteiger charge is 2.46. The predicted molar refractivity (Wildman–Crippen MR) is 58.9 cm³/mol. The lowest BCUT2D eigenvalue weighted by atomic mass is 9.86. The van der Waals surface area contributed by atoms with Gasteiger partial charge >= 0.3 is 5.97 Å². The molecule has 0 aliphatic carbocycles. The third kappa shape index (κ3) is 2.93. The number of ether oxygens (including phenoxy) is 3. The van der Waals surface area contributed by atoms with Crippen molar-refractivity contribution in [2.75, 3.05) is 26.4 Å². The first-order chi connectivity index (χ1) is 7.50. The summed E-state index contributed by atoms with van der Waals surface area (Å²) in [5.74, 6) is -0.301. The smallest absolute Gasteiger partial charge is 0.316 e. The molecule has 0 amide bonds. The highest BCUT2D eigenvalue weighted by molar-refractivity contribution is 5.78. The molecule has 1 saturated heterocycles. The van der Waals surface area contributed by atoms with E-state index in [9.17, 15) is 4.79 Å². The van der Waals surface area contributed by atoms with Crippen LogP contribution in [-0.2, 0) is 19.0 Å². The van der Waals surface area contributed by atoms with Crippen molar-refractivity contribution in [3.63, 3.8) is 0 Å². The maximum atomic E-state index is 11.9. The minimum Gasteiger partial charge on any atom is -0.460 e. The van der Waals surface area contributed by atoms with Gasteiger partial charge in [-0.25, -0.2) is 0 Å². The molecule has 3 unspecified atom stereocenters. The van der Waals surface area contributed by atoms with E-state index in [-0.39, 0.29) is 18.1 Å². The van der Waals surface area contributed by atoms with Crippen molar-refractivity contribution in [3.8, 4) is 0 Å². The molecule has 1 aliphatic rings. The van der Waals surface area contributed by atoms with Crippen molar-refractivity contribution in [3.05, 3.63) is 0 Å². The lowest BCUT2D eigenvalue weighted by molar-refractivity contribution is -0.163. The lowest BCUT2D eigenvalue weighted by Crippen LogP contribution is -2.46. The van der Waals surface area contributed by atoms with Gasteiger partial charge in [0, 0.05) is 12.6 Å². The largest absolute Gasteiger partial charge is 0.460 e. The second kappa shape index (κ2) is 5.61. The fourth-order valence-corrected chi connectivity index (χ4v) is 1.53. The van der Waals surface area contributed by atoms with Crippen molar-refractivity contribution in [2.24, 2.45) is 11.1 Å². The van der Waals surface area contributed by atoms with E-state index in [0.29, 0.717) is 26.4 Å². The summed E-state index contributed by atoms with van der Waals surface area (Å²) >= 11 is 0. The van der Waals surface area contributed by atoms with Crippen molar-refractivity contribution >= 4 is 5.97 Å². The van der Waals surface area contributed by atoms with Gasteiger partial charge in [-0.3, -0.25) is 4.79 Å². The summed E-state index contributed by atoms with van der Waals surface area (Å²) in [4.78, 5) is 11.9. The Hall–Kier alpha value is -0.650. The topological polar surface area (TPSA) is 70.8 Å². The Labute approximate surface area is 96.2 Å². The molecule has 0 aromatic rings. The molecule has 0 radical (unpaired) electrons. The van der Waals surface area contributed by atoms with Gasteiger partial charge in [0.2, 0.25) is 0 Å². The standard InChI is InChI=1S/C11H21NO4/c1-4-14-5-8(2)16-10(13)11(3)7-15-6-9(11)12/h8-9H,4-7,12H2,1-3H3. The second-order valence-corrected chi connectivity index (χ2v) is 4.41. The van der Waals surface area contributed by atoms with Crippen LogP contribution in [-0.4, -0.2) is 44.5 Å². The monoisotopic (exact) mass is 231 g/mol. The normalized spacial score (nSPS) is 31.4. The average molecular weight is 231 g/mol. The number of nitrogens with two attached hydrogens (primary N) is 1. The summed E-state index contributed by atoms with van der Waals surface area (Å²) in [6, 6.07) is -0.292. The van der Waals surface area contributed by atoms with Crippen LogP contribution in [0.25, 0.3) is 0 Å². The van der Waals surface area contributed by atoms with Gasteiger partial charge in [-0.1, -0.05) is 0 Å². The maximum Gasteiger partial charge on any atom is 0.316 e. The Morgan fingerprint density at radius 2 is 2.38 bits per heavy atom. The Morgan fingerprint density at radius 1 is 1.69 bits per heavy atom.